The fraction of sp³-hybridized carbons (Fsp3) is 1.00. The summed E-state index contributed by atoms with van der Waals surface area (Å²) in [6, 6.07) is 0.753. The van der Waals surface area contributed by atoms with E-state index in [2.05, 4.69) is 30.7 Å². The SMILES string of the molecule is CC(C)N1CCC(C2CN(C)C2)C1. The average Bonchev–Trinajstić information content (AvgIpc) is 2.46. The second-order valence-corrected chi connectivity index (χ2v) is 5.12. The highest BCUT2D eigenvalue weighted by Crippen LogP contribution is 2.30. The molecule has 2 fully saturated rings. The summed E-state index contributed by atoms with van der Waals surface area (Å²) in [5.41, 5.74) is 0. The van der Waals surface area contributed by atoms with Gasteiger partial charge in [0.1, 0.15) is 0 Å². The van der Waals surface area contributed by atoms with Crippen LogP contribution in [-0.4, -0.2) is 49.1 Å². The minimum atomic E-state index is 0.753. The van der Waals surface area contributed by atoms with Crippen LogP contribution in [0.25, 0.3) is 0 Å². The van der Waals surface area contributed by atoms with Crippen LogP contribution in [0.2, 0.25) is 0 Å². The van der Waals surface area contributed by atoms with Crippen LogP contribution in [0, 0.1) is 11.8 Å². The molecule has 2 heteroatoms. The molecule has 2 aliphatic rings. The van der Waals surface area contributed by atoms with Crippen molar-refractivity contribution < 1.29 is 0 Å². The summed E-state index contributed by atoms with van der Waals surface area (Å²) < 4.78 is 0. The van der Waals surface area contributed by atoms with E-state index in [4.69, 9.17) is 0 Å². The van der Waals surface area contributed by atoms with Gasteiger partial charge in [0, 0.05) is 25.7 Å². The van der Waals surface area contributed by atoms with E-state index in [-0.39, 0.29) is 0 Å². The lowest BCUT2D eigenvalue weighted by atomic mass is 9.85. The molecular formula is C11H22N2. The van der Waals surface area contributed by atoms with Crippen LogP contribution in [0.5, 0.6) is 0 Å². The van der Waals surface area contributed by atoms with Gasteiger partial charge >= 0.3 is 0 Å². The zero-order valence-corrected chi connectivity index (χ0v) is 9.16. The normalized spacial score (nSPS) is 32.8. The van der Waals surface area contributed by atoms with Gasteiger partial charge in [0.2, 0.25) is 0 Å². The summed E-state index contributed by atoms with van der Waals surface area (Å²) in [6.45, 7) is 10.0. The summed E-state index contributed by atoms with van der Waals surface area (Å²) >= 11 is 0. The molecule has 0 saturated carbocycles. The van der Waals surface area contributed by atoms with Gasteiger partial charge in [-0.1, -0.05) is 0 Å². The summed E-state index contributed by atoms with van der Waals surface area (Å²) in [6.07, 6.45) is 1.44. The van der Waals surface area contributed by atoms with Crippen molar-refractivity contribution in [3.8, 4) is 0 Å². The van der Waals surface area contributed by atoms with Crippen molar-refractivity contribution in [2.24, 2.45) is 11.8 Å². The van der Waals surface area contributed by atoms with E-state index in [1.165, 1.54) is 32.6 Å². The molecule has 2 nitrogen and oxygen atoms in total. The van der Waals surface area contributed by atoms with Crippen molar-refractivity contribution >= 4 is 0 Å². The van der Waals surface area contributed by atoms with E-state index >= 15 is 0 Å². The molecule has 0 amide bonds. The first kappa shape index (κ1) is 9.47. The molecule has 0 aromatic carbocycles. The highest BCUT2D eigenvalue weighted by Gasteiger charge is 2.35. The fourth-order valence-corrected chi connectivity index (χ4v) is 2.71. The van der Waals surface area contributed by atoms with E-state index in [1.807, 2.05) is 0 Å². The lowest BCUT2D eigenvalue weighted by Gasteiger charge is -2.40. The van der Waals surface area contributed by atoms with Gasteiger partial charge in [-0.05, 0) is 45.7 Å². The van der Waals surface area contributed by atoms with Gasteiger partial charge < -0.3 is 9.80 Å². The molecule has 1 atom stereocenters. The van der Waals surface area contributed by atoms with Crippen molar-refractivity contribution in [2.75, 3.05) is 33.2 Å². The molecular weight excluding hydrogens is 160 g/mol. The van der Waals surface area contributed by atoms with E-state index in [0.29, 0.717) is 0 Å². The summed E-state index contributed by atoms with van der Waals surface area (Å²) in [5.74, 6) is 2.01. The number of likely N-dealkylation sites (tertiary alicyclic amines) is 2. The Morgan fingerprint density at radius 3 is 2.23 bits per heavy atom. The zero-order chi connectivity index (χ0) is 9.42. The summed E-state index contributed by atoms with van der Waals surface area (Å²) in [5, 5.41) is 0. The maximum Gasteiger partial charge on any atom is 0.00387 e. The quantitative estimate of drug-likeness (QED) is 0.635. The Balaban J connectivity index is 1.78. The molecule has 76 valence electrons. The molecule has 0 N–H and O–H groups in total. The molecule has 0 spiro atoms. The summed E-state index contributed by atoms with van der Waals surface area (Å²) in [7, 11) is 2.23. The van der Waals surface area contributed by atoms with Crippen LogP contribution in [0.15, 0.2) is 0 Å². The Kier molecular flexibility index (Phi) is 2.61. The monoisotopic (exact) mass is 182 g/mol. The topological polar surface area (TPSA) is 6.48 Å². The van der Waals surface area contributed by atoms with Crippen LogP contribution in [-0.2, 0) is 0 Å². The lowest BCUT2D eigenvalue weighted by Crippen LogP contribution is -2.48. The third-order valence-electron chi connectivity index (χ3n) is 3.75. The number of rotatable bonds is 2. The maximum absolute atomic E-state index is 2.63. The molecule has 2 heterocycles. The van der Waals surface area contributed by atoms with Crippen LogP contribution >= 0.6 is 0 Å². The lowest BCUT2D eigenvalue weighted by molar-refractivity contribution is 0.0834. The highest BCUT2D eigenvalue weighted by molar-refractivity contribution is 4.89. The van der Waals surface area contributed by atoms with Gasteiger partial charge in [-0.25, -0.2) is 0 Å². The molecule has 0 aromatic rings. The minimum absolute atomic E-state index is 0.753. The van der Waals surface area contributed by atoms with Gasteiger partial charge in [0.25, 0.3) is 0 Å². The van der Waals surface area contributed by atoms with E-state index in [9.17, 15) is 0 Å². The van der Waals surface area contributed by atoms with Crippen LogP contribution in [0.1, 0.15) is 20.3 Å². The fourth-order valence-electron chi connectivity index (χ4n) is 2.71. The van der Waals surface area contributed by atoms with E-state index in [0.717, 1.165) is 17.9 Å². The zero-order valence-electron chi connectivity index (χ0n) is 9.16. The van der Waals surface area contributed by atoms with Gasteiger partial charge in [-0.3, -0.25) is 0 Å². The van der Waals surface area contributed by atoms with Gasteiger partial charge in [-0.2, -0.15) is 0 Å². The second kappa shape index (κ2) is 3.58. The Hall–Kier alpha value is -0.0800. The molecule has 0 aliphatic carbocycles. The predicted octanol–water partition coefficient (Wildman–Crippen LogP) is 1.28. The number of hydrogen-bond acceptors (Lipinski definition) is 2. The Bertz CT molecular complexity index is 173. The van der Waals surface area contributed by atoms with E-state index < -0.39 is 0 Å². The van der Waals surface area contributed by atoms with Gasteiger partial charge in [-0.15, -0.1) is 0 Å². The standard InChI is InChI=1S/C11H22N2/c1-9(2)13-5-4-10(8-13)11-6-12(3)7-11/h9-11H,4-8H2,1-3H3. The smallest absolute Gasteiger partial charge is 0.00387 e. The van der Waals surface area contributed by atoms with Crippen molar-refractivity contribution in [3.05, 3.63) is 0 Å². The van der Waals surface area contributed by atoms with E-state index in [1.54, 1.807) is 0 Å². The molecule has 2 aliphatic heterocycles. The first-order valence-electron chi connectivity index (χ1n) is 5.59. The Morgan fingerprint density at radius 1 is 1.08 bits per heavy atom. The Morgan fingerprint density at radius 2 is 1.77 bits per heavy atom. The van der Waals surface area contributed by atoms with Gasteiger partial charge in [0.15, 0.2) is 0 Å². The predicted molar refractivity (Wildman–Crippen MR) is 55.8 cm³/mol. The van der Waals surface area contributed by atoms with Crippen molar-refractivity contribution in [2.45, 2.75) is 26.3 Å². The Labute approximate surface area is 81.9 Å². The molecule has 2 saturated heterocycles. The molecule has 2 rings (SSSR count). The molecule has 13 heavy (non-hydrogen) atoms. The second-order valence-electron chi connectivity index (χ2n) is 5.12. The van der Waals surface area contributed by atoms with Crippen LogP contribution < -0.4 is 0 Å². The number of nitrogens with zero attached hydrogens (tertiary/aromatic N) is 2. The maximum atomic E-state index is 2.63. The first-order chi connectivity index (χ1) is 6.16. The van der Waals surface area contributed by atoms with Crippen molar-refractivity contribution in [1.29, 1.82) is 0 Å². The molecule has 0 bridgehead atoms. The summed E-state index contributed by atoms with van der Waals surface area (Å²) in [4.78, 5) is 5.06. The third-order valence-corrected chi connectivity index (χ3v) is 3.75. The molecule has 0 aromatic heterocycles. The highest BCUT2D eigenvalue weighted by atomic mass is 15.2. The van der Waals surface area contributed by atoms with Crippen molar-refractivity contribution in [3.63, 3.8) is 0 Å². The van der Waals surface area contributed by atoms with Crippen LogP contribution in [0.4, 0.5) is 0 Å². The largest absolute Gasteiger partial charge is 0.306 e. The molecule has 1 unspecified atom stereocenters. The van der Waals surface area contributed by atoms with Crippen molar-refractivity contribution in [1.82, 2.24) is 9.80 Å². The minimum Gasteiger partial charge on any atom is -0.306 e. The number of hydrogen-bond donors (Lipinski definition) is 0. The molecule has 0 radical (unpaired) electrons. The average molecular weight is 182 g/mol. The third kappa shape index (κ3) is 1.89. The van der Waals surface area contributed by atoms with Gasteiger partial charge in [0.05, 0.1) is 0 Å². The first-order valence-corrected chi connectivity index (χ1v) is 5.59. The van der Waals surface area contributed by atoms with Crippen LogP contribution in [0.3, 0.4) is 0 Å².